The molecule has 0 amide bonds. The number of hydrogen-bond donors (Lipinski definition) is 1. The van der Waals surface area contributed by atoms with Crippen molar-refractivity contribution in [3.8, 4) is 11.5 Å². The molecule has 3 heteroatoms. The predicted octanol–water partition coefficient (Wildman–Crippen LogP) is 2.24. The highest BCUT2D eigenvalue weighted by molar-refractivity contribution is 5.41. The molecule has 0 aromatic heterocycles. The molecule has 92 valence electrons. The number of rotatable bonds is 2. The standard InChI is InChI=1S/C14H18O3/c1-13(2)8-14(13,9-15)12-7-16-10-5-3-4-6-11(10)17-12/h3-6,12,15H,7-9H2,1-2H3. The Hall–Kier alpha value is -1.22. The number of fused-ring (bicyclic) bond motifs is 1. The van der Waals surface area contributed by atoms with Crippen molar-refractivity contribution in [3.63, 3.8) is 0 Å². The lowest BCUT2D eigenvalue weighted by molar-refractivity contribution is -0.00433. The molecule has 1 N–H and O–H groups in total. The Kier molecular flexibility index (Phi) is 2.17. The average molecular weight is 234 g/mol. The molecule has 1 heterocycles. The molecule has 1 aromatic rings. The maximum Gasteiger partial charge on any atom is 0.161 e. The first-order valence-electron chi connectivity index (χ1n) is 6.08. The second-order valence-corrected chi connectivity index (χ2v) is 5.74. The zero-order valence-corrected chi connectivity index (χ0v) is 10.3. The van der Waals surface area contributed by atoms with E-state index in [0.29, 0.717) is 6.61 Å². The minimum atomic E-state index is -0.138. The SMILES string of the molecule is CC1(C)CC1(CO)C1COc2ccccc2O1. The van der Waals surface area contributed by atoms with Gasteiger partial charge in [0.15, 0.2) is 11.5 Å². The largest absolute Gasteiger partial charge is 0.486 e. The summed E-state index contributed by atoms with van der Waals surface area (Å²) in [4.78, 5) is 0. The molecular weight excluding hydrogens is 216 g/mol. The molecule has 0 spiro atoms. The van der Waals surface area contributed by atoms with Crippen molar-refractivity contribution in [2.75, 3.05) is 13.2 Å². The van der Waals surface area contributed by atoms with E-state index in [4.69, 9.17) is 9.47 Å². The van der Waals surface area contributed by atoms with E-state index in [0.717, 1.165) is 17.9 Å². The van der Waals surface area contributed by atoms with Gasteiger partial charge in [0.05, 0.1) is 6.61 Å². The first kappa shape index (κ1) is 10.9. The van der Waals surface area contributed by atoms with Gasteiger partial charge in [-0.15, -0.1) is 0 Å². The summed E-state index contributed by atoms with van der Waals surface area (Å²) in [6, 6.07) is 7.71. The van der Waals surface area contributed by atoms with Crippen molar-refractivity contribution in [2.45, 2.75) is 26.4 Å². The number of aliphatic hydroxyl groups excluding tert-OH is 1. The number of hydrogen-bond acceptors (Lipinski definition) is 3. The lowest BCUT2D eigenvalue weighted by Crippen LogP contribution is -2.41. The maximum atomic E-state index is 9.66. The summed E-state index contributed by atoms with van der Waals surface area (Å²) >= 11 is 0. The molecule has 1 aromatic carbocycles. The van der Waals surface area contributed by atoms with Crippen LogP contribution in [-0.2, 0) is 0 Å². The van der Waals surface area contributed by atoms with Crippen LogP contribution in [0.25, 0.3) is 0 Å². The van der Waals surface area contributed by atoms with E-state index in [9.17, 15) is 5.11 Å². The van der Waals surface area contributed by atoms with E-state index in [1.807, 2.05) is 24.3 Å². The van der Waals surface area contributed by atoms with E-state index in [-0.39, 0.29) is 23.5 Å². The first-order valence-corrected chi connectivity index (χ1v) is 6.08. The highest BCUT2D eigenvalue weighted by atomic mass is 16.6. The van der Waals surface area contributed by atoms with Gasteiger partial charge in [0.1, 0.15) is 12.7 Å². The number of aliphatic hydroxyl groups is 1. The highest BCUT2D eigenvalue weighted by Gasteiger charge is 2.66. The summed E-state index contributed by atoms with van der Waals surface area (Å²) in [5.74, 6) is 1.59. The summed E-state index contributed by atoms with van der Waals surface area (Å²) < 4.78 is 11.7. The maximum absolute atomic E-state index is 9.66. The van der Waals surface area contributed by atoms with Gasteiger partial charge >= 0.3 is 0 Å². The van der Waals surface area contributed by atoms with Gasteiger partial charge in [-0.3, -0.25) is 0 Å². The Morgan fingerprint density at radius 1 is 1.29 bits per heavy atom. The van der Waals surface area contributed by atoms with Crippen LogP contribution >= 0.6 is 0 Å². The summed E-state index contributed by atoms with van der Waals surface area (Å²) in [6.45, 7) is 5.04. The topological polar surface area (TPSA) is 38.7 Å². The van der Waals surface area contributed by atoms with Gasteiger partial charge in [0.2, 0.25) is 0 Å². The van der Waals surface area contributed by atoms with Crippen molar-refractivity contribution in [3.05, 3.63) is 24.3 Å². The minimum Gasteiger partial charge on any atom is -0.486 e. The lowest BCUT2D eigenvalue weighted by atomic mass is 9.90. The normalized spacial score (nSPS) is 33.2. The molecule has 2 aliphatic rings. The fourth-order valence-electron chi connectivity index (χ4n) is 2.96. The molecule has 1 aliphatic heterocycles. The van der Waals surface area contributed by atoms with E-state index in [1.165, 1.54) is 0 Å². The van der Waals surface area contributed by atoms with Crippen molar-refractivity contribution in [2.24, 2.45) is 10.8 Å². The fraction of sp³-hybridized carbons (Fsp3) is 0.571. The fourth-order valence-corrected chi connectivity index (χ4v) is 2.96. The van der Waals surface area contributed by atoms with Crippen molar-refractivity contribution < 1.29 is 14.6 Å². The van der Waals surface area contributed by atoms with E-state index in [2.05, 4.69) is 13.8 Å². The molecule has 1 saturated carbocycles. The number of ether oxygens (including phenoxy) is 2. The van der Waals surface area contributed by atoms with Crippen molar-refractivity contribution >= 4 is 0 Å². The van der Waals surface area contributed by atoms with Crippen LogP contribution < -0.4 is 9.47 Å². The van der Waals surface area contributed by atoms with Crippen LogP contribution in [0.4, 0.5) is 0 Å². The summed E-state index contributed by atoms with van der Waals surface area (Å²) in [5, 5.41) is 9.66. The Balaban J connectivity index is 1.86. The van der Waals surface area contributed by atoms with Crippen molar-refractivity contribution in [1.82, 2.24) is 0 Å². The zero-order valence-electron chi connectivity index (χ0n) is 10.3. The zero-order chi connectivity index (χ0) is 12.1. The predicted molar refractivity (Wildman–Crippen MR) is 64.3 cm³/mol. The quantitative estimate of drug-likeness (QED) is 0.853. The second kappa shape index (κ2) is 3.39. The molecule has 0 radical (unpaired) electrons. The summed E-state index contributed by atoms with van der Waals surface area (Å²) in [5.41, 5.74) is 0.00257. The van der Waals surface area contributed by atoms with Gasteiger partial charge in [-0.2, -0.15) is 0 Å². The van der Waals surface area contributed by atoms with Gasteiger partial charge in [-0.1, -0.05) is 26.0 Å². The molecule has 17 heavy (non-hydrogen) atoms. The Bertz CT molecular complexity index is 441. The molecule has 0 bridgehead atoms. The smallest absolute Gasteiger partial charge is 0.161 e. The van der Waals surface area contributed by atoms with E-state index >= 15 is 0 Å². The molecule has 2 atom stereocenters. The third-order valence-electron chi connectivity index (χ3n) is 4.39. The van der Waals surface area contributed by atoms with Gasteiger partial charge in [0, 0.05) is 5.41 Å². The van der Waals surface area contributed by atoms with Crippen LogP contribution in [0, 0.1) is 10.8 Å². The molecule has 3 nitrogen and oxygen atoms in total. The highest BCUT2D eigenvalue weighted by Crippen LogP contribution is 2.66. The third kappa shape index (κ3) is 1.45. The minimum absolute atomic E-state index is 0.0441. The van der Waals surface area contributed by atoms with Crippen LogP contribution in [0.2, 0.25) is 0 Å². The second-order valence-electron chi connectivity index (χ2n) is 5.74. The summed E-state index contributed by atoms with van der Waals surface area (Å²) in [6.07, 6.45) is 0.949. The van der Waals surface area contributed by atoms with Crippen molar-refractivity contribution in [1.29, 1.82) is 0 Å². The molecule has 0 saturated heterocycles. The van der Waals surface area contributed by atoms with Crippen LogP contribution in [0.15, 0.2) is 24.3 Å². The first-order chi connectivity index (χ1) is 8.09. The lowest BCUT2D eigenvalue weighted by Gasteiger charge is -2.33. The number of benzene rings is 1. The Labute approximate surface area is 101 Å². The molecule has 3 rings (SSSR count). The molecule has 1 fully saturated rings. The van der Waals surface area contributed by atoms with Gasteiger partial charge in [-0.05, 0) is 24.0 Å². The van der Waals surface area contributed by atoms with Gasteiger partial charge in [-0.25, -0.2) is 0 Å². The summed E-state index contributed by atoms with van der Waals surface area (Å²) in [7, 11) is 0. The molecular formula is C14H18O3. The monoisotopic (exact) mass is 234 g/mol. The number of para-hydroxylation sites is 2. The molecule has 2 unspecified atom stereocenters. The average Bonchev–Trinajstić information content (AvgIpc) is 2.92. The van der Waals surface area contributed by atoms with Crippen LogP contribution in [0.1, 0.15) is 20.3 Å². The third-order valence-corrected chi connectivity index (χ3v) is 4.39. The van der Waals surface area contributed by atoms with E-state index < -0.39 is 0 Å². The Morgan fingerprint density at radius 2 is 1.94 bits per heavy atom. The molecule has 1 aliphatic carbocycles. The Morgan fingerprint density at radius 3 is 2.53 bits per heavy atom. The van der Waals surface area contributed by atoms with Crippen LogP contribution in [0.5, 0.6) is 11.5 Å². The van der Waals surface area contributed by atoms with Gasteiger partial charge < -0.3 is 14.6 Å². The van der Waals surface area contributed by atoms with Gasteiger partial charge in [0.25, 0.3) is 0 Å². The van der Waals surface area contributed by atoms with Crippen LogP contribution in [-0.4, -0.2) is 24.4 Å². The van der Waals surface area contributed by atoms with E-state index in [1.54, 1.807) is 0 Å². The van der Waals surface area contributed by atoms with Crippen LogP contribution in [0.3, 0.4) is 0 Å².